The van der Waals surface area contributed by atoms with Gasteiger partial charge in [0.05, 0.1) is 6.61 Å². The average Bonchev–Trinajstić information content (AvgIpc) is 3.03. The first-order valence-electron chi connectivity index (χ1n) is 8.05. The topological polar surface area (TPSA) is 32.7 Å². The van der Waals surface area contributed by atoms with Crippen LogP contribution in [-0.4, -0.2) is 36.3 Å². The van der Waals surface area contributed by atoms with E-state index in [1.165, 1.54) is 11.1 Å². The van der Waals surface area contributed by atoms with E-state index >= 15 is 0 Å². The van der Waals surface area contributed by atoms with Gasteiger partial charge in [-0.15, -0.1) is 0 Å². The molecule has 1 saturated heterocycles. The van der Waals surface area contributed by atoms with Gasteiger partial charge in [-0.1, -0.05) is 41.9 Å². The number of aliphatic hydroxyl groups excluding tert-OH is 1. The molecule has 0 spiro atoms. The minimum atomic E-state index is 0.0406. The molecule has 23 heavy (non-hydrogen) atoms. The monoisotopic (exact) mass is 331 g/mol. The molecule has 3 rings (SSSR count). The van der Waals surface area contributed by atoms with Crippen LogP contribution in [0.4, 0.5) is 0 Å². The first-order valence-corrected chi connectivity index (χ1v) is 8.43. The van der Waals surface area contributed by atoms with Crippen LogP contribution in [0.5, 0.6) is 5.75 Å². The lowest BCUT2D eigenvalue weighted by atomic mass is 9.98. The highest BCUT2D eigenvalue weighted by atomic mass is 35.5. The average molecular weight is 332 g/mol. The van der Waals surface area contributed by atoms with Crippen molar-refractivity contribution in [2.45, 2.75) is 18.9 Å². The largest absolute Gasteiger partial charge is 0.491 e. The van der Waals surface area contributed by atoms with Crippen LogP contribution in [0.2, 0.25) is 5.02 Å². The second kappa shape index (κ2) is 7.82. The molecule has 2 aromatic carbocycles. The van der Waals surface area contributed by atoms with Crippen molar-refractivity contribution in [2.24, 2.45) is 0 Å². The number of likely N-dealkylation sites (tertiary alicyclic amines) is 1. The Morgan fingerprint density at radius 1 is 1.13 bits per heavy atom. The number of aliphatic hydroxyl groups is 1. The third-order valence-electron chi connectivity index (χ3n) is 4.31. The lowest BCUT2D eigenvalue weighted by Crippen LogP contribution is -2.19. The van der Waals surface area contributed by atoms with Gasteiger partial charge in [-0.3, -0.25) is 4.90 Å². The maximum absolute atomic E-state index is 8.77. The van der Waals surface area contributed by atoms with Crippen molar-refractivity contribution in [3.05, 3.63) is 64.7 Å². The SMILES string of the molecule is OCCOc1ccc(CN2CCC(c3ccccc3Cl)C2)cc1. The van der Waals surface area contributed by atoms with Gasteiger partial charge >= 0.3 is 0 Å². The number of hydrogen-bond acceptors (Lipinski definition) is 3. The van der Waals surface area contributed by atoms with Crippen LogP contribution in [0, 0.1) is 0 Å². The molecule has 0 bridgehead atoms. The highest BCUT2D eigenvalue weighted by Crippen LogP contribution is 2.32. The summed E-state index contributed by atoms with van der Waals surface area (Å²) in [6.07, 6.45) is 1.15. The van der Waals surface area contributed by atoms with Crippen LogP contribution in [0.25, 0.3) is 0 Å². The molecule has 0 radical (unpaired) electrons. The van der Waals surface area contributed by atoms with E-state index in [-0.39, 0.29) is 6.61 Å². The molecular weight excluding hydrogens is 310 g/mol. The summed E-state index contributed by atoms with van der Waals surface area (Å²) in [4.78, 5) is 2.47. The maximum atomic E-state index is 8.77. The van der Waals surface area contributed by atoms with E-state index in [0.29, 0.717) is 12.5 Å². The van der Waals surface area contributed by atoms with Crippen LogP contribution in [0.3, 0.4) is 0 Å². The van der Waals surface area contributed by atoms with Crippen molar-refractivity contribution >= 4 is 11.6 Å². The van der Waals surface area contributed by atoms with Gasteiger partial charge in [-0.05, 0) is 48.2 Å². The zero-order valence-electron chi connectivity index (χ0n) is 13.1. The molecule has 1 N–H and O–H groups in total. The summed E-state index contributed by atoms with van der Waals surface area (Å²) >= 11 is 6.32. The van der Waals surface area contributed by atoms with E-state index in [2.05, 4.69) is 29.2 Å². The molecule has 1 aliphatic rings. The zero-order chi connectivity index (χ0) is 16.1. The molecule has 0 saturated carbocycles. The van der Waals surface area contributed by atoms with E-state index in [4.69, 9.17) is 21.4 Å². The zero-order valence-corrected chi connectivity index (χ0v) is 13.9. The number of halogens is 1. The quantitative estimate of drug-likeness (QED) is 0.876. The highest BCUT2D eigenvalue weighted by molar-refractivity contribution is 6.31. The van der Waals surface area contributed by atoms with Crippen LogP contribution < -0.4 is 4.74 Å². The molecule has 3 nitrogen and oxygen atoms in total. The van der Waals surface area contributed by atoms with Gasteiger partial charge in [0, 0.05) is 18.1 Å². The second-order valence-corrected chi connectivity index (χ2v) is 6.37. The van der Waals surface area contributed by atoms with E-state index in [1.54, 1.807) is 0 Å². The summed E-state index contributed by atoms with van der Waals surface area (Å²) in [5.41, 5.74) is 2.55. The van der Waals surface area contributed by atoms with Gasteiger partial charge in [-0.2, -0.15) is 0 Å². The van der Waals surface area contributed by atoms with Crippen molar-refractivity contribution in [3.8, 4) is 5.75 Å². The number of ether oxygens (including phenoxy) is 1. The first-order chi connectivity index (χ1) is 11.3. The third kappa shape index (κ3) is 4.25. The highest BCUT2D eigenvalue weighted by Gasteiger charge is 2.25. The molecular formula is C19H22ClNO2. The number of nitrogens with zero attached hydrogens (tertiary/aromatic N) is 1. The van der Waals surface area contributed by atoms with E-state index < -0.39 is 0 Å². The van der Waals surface area contributed by atoms with E-state index in [9.17, 15) is 0 Å². The van der Waals surface area contributed by atoms with Crippen LogP contribution >= 0.6 is 11.6 Å². The minimum absolute atomic E-state index is 0.0406. The lowest BCUT2D eigenvalue weighted by Gasteiger charge is -2.17. The van der Waals surface area contributed by atoms with Crippen LogP contribution in [0.1, 0.15) is 23.5 Å². The Labute approximate surface area is 142 Å². The molecule has 2 aromatic rings. The Kier molecular flexibility index (Phi) is 5.55. The maximum Gasteiger partial charge on any atom is 0.119 e. The van der Waals surface area contributed by atoms with Crippen LogP contribution in [0.15, 0.2) is 48.5 Å². The predicted molar refractivity (Wildman–Crippen MR) is 93.1 cm³/mol. The van der Waals surface area contributed by atoms with Gasteiger partial charge in [0.15, 0.2) is 0 Å². The van der Waals surface area contributed by atoms with Gasteiger partial charge in [0.1, 0.15) is 12.4 Å². The molecule has 1 unspecified atom stereocenters. The summed E-state index contributed by atoms with van der Waals surface area (Å²) in [5.74, 6) is 1.33. The van der Waals surface area contributed by atoms with Crippen molar-refractivity contribution in [2.75, 3.05) is 26.3 Å². The Morgan fingerprint density at radius 2 is 1.91 bits per heavy atom. The summed E-state index contributed by atoms with van der Waals surface area (Å²) in [7, 11) is 0. The van der Waals surface area contributed by atoms with Crippen LogP contribution in [-0.2, 0) is 6.54 Å². The molecule has 1 aliphatic heterocycles. The van der Waals surface area contributed by atoms with Gasteiger partial charge in [0.25, 0.3) is 0 Å². The molecule has 0 amide bonds. The standard InChI is InChI=1S/C19H22ClNO2/c20-19-4-2-1-3-18(19)16-9-10-21(14-16)13-15-5-7-17(8-6-15)23-12-11-22/h1-8,16,22H,9-14H2. The molecule has 1 fully saturated rings. The minimum Gasteiger partial charge on any atom is -0.491 e. The number of benzene rings is 2. The Balaban J connectivity index is 1.56. The summed E-state index contributed by atoms with van der Waals surface area (Å²) in [5, 5.41) is 9.65. The summed E-state index contributed by atoms with van der Waals surface area (Å²) < 4.78 is 5.39. The van der Waals surface area contributed by atoms with Gasteiger partial charge in [0.2, 0.25) is 0 Å². The first kappa shape index (κ1) is 16.3. The van der Waals surface area contributed by atoms with Crippen molar-refractivity contribution in [1.29, 1.82) is 0 Å². The van der Waals surface area contributed by atoms with Crippen molar-refractivity contribution in [1.82, 2.24) is 4.90 Å². The van der Waals surface area contributed by atoms with Crippen molar-refractivity contribution < 1.29 is 9.84 Å². The van der Waals surface area contributed by atoms with Gasteiger partial charge in [-0.25, -0.2) is 0 Å². The Bertz CT molecular complexity index is 630. The number of hydrogen-bond donors (Lipinski definition) is 1. The number of rotatable bonds is 6. The normalized spacial score (nSPS) is 18.3. The third-order valence-corrected chi connectivity index (χ3v) is 4.65. The van der Waals surface area contributed by atoms with E-state index in [1.807, 2.05) is 24.3 Å². The second-order valence-electron chi connectivity index (χ2n) is 5.96. The fourth-order valence-corrected chi connectivity index (χ4v) is 3.44. The fraction of sp³-hybridized carbons (Fsp3) is 0.368. The van der Waals surface area contributed by atoms with Gasteiger partial charge < -0.3 is 9.84 Å². The van der Waals surface area contributed by atoms with E-state index in [0.717, 1.165) is 36.8 Å². The summed E-state index contributed by atoms with van der Waals surface area (Å²) in [6.45, 7) is 3.47. The summed E-state index contributed by atoms with van der Waals surface area (Å²) in [6, 6.07) is 16.3. The Hall–Kier alpha value is -1.55. The predicted octanol–water partition coefficient (Wildman–Crippen LogP) is 3.70. The Morgan fingerprint density at radius 3 is 2.65 bits per heavy atom. The molecule has 1 atom stereocenters. The fourth-order valence-electron chi connectivity index (χ4n) is 3.15. The molecule has 1 heterocycles. The smallest absolute Gasteiger partial charge is 0.119 e. The lowest BCUT2D eigenvalue weighted by molar-refractivity contribution is 0.201. The molecule has 0 aromatic heterocycles. The molecule has 122 valence electrons. The molecule has 4 heteroatoms. The molecule has 0 aliphatic carbocycles. The van der Waals surface area contributed by atoms with Crippen molar-refractivity contribution in [3.63, 3.8) is 0 Å².